The number of carbonyl (C=O) groups is 2. The normalized spacial score (nSPS) is 13.2. The van der Waals surface area contributed by atoms with Crippen LogP contribution in [0.15, 0.2) is 18.2 Å². The van der Waals surface area contributed by atoms with Gasteiger partial charge in [0.2, 0.25) is 0 Å². The smallest absolute Gasteiger partial charge is 0.339 e. The summed E-state index contributed by atoms with van der Waals surface area (Å²) in [6.07, 6.45) is 0. The van der Waals surface area contributed by atoms with Gasteiger partial charge in [0, 0.05) is 0 Å². The van der Waals surface area contributed by atoms with Gasteiger partial charge in [-0.15, -0.1) is 0 Å². The van der Waals surface area contributed by atoms with Crippen LogP contribution in [0.5, 0.6) is 5.75 Å². The first kappa shape index (κ1) is 17.0. The molecule has 6 heteroatoms. The number of rotatable bonds is 6. The van der Waals surface area contributed by atoms with E-state index in [0.717, 1.165) is 11.1 Å². The molecule has 1 aromatic rings. The summed E-state index contributed by atoms with van der Waals surface area (Å²) in [6, 6.07) is 5.70. The average molecular weight is 295 g/mol. The van der Waals surface area contributed by atoms with E-state index in [9.17, 15) is 14.7 Å². The van der Waals surface area contributed by atoms with Crippen molar-refractivity contribution in [2.24, 2.45) is 0 Å². The highest BCUT2D eigenvalue weighted by molar-refractivity contribution is 5.81. The standard InChI is InChI=1S/C15H21NO5/c1-10-5-6-11(2)12(7-10)21-8-13(17)16-9-15(3,19)14(18)20-4/h5-7,19H,8-9H2,1-4H3,(H,16,17). The lowest BCUT2D eigenvalue weighted by atomic mass is 10.1. The summed E-state index contributed by atoms with van der Waals surface area (Å²) >= 11 is 0. The van der Waals surface area contributed by atoms with Gasteiger partial charge in [-0.3, -0.25) is 4.79 Å². The van der Waals surface area contributed by atoms with Crippen LogP contribution in [0.25, 0.3) is 0 Å². The minimum Gasteiger partial charge on any atom is -0.483 e. The quantitative estimate of drug-likeness (QED) is 0.756. The fraction of sp³-hybridized carbons (Fsp3) is 0.467. The molecule has 0 saturated heterocycles. The maximum Gasteiger partial charge on any atom is 0.339 e. The second-order valence-electron chi connectivity index (χ2n) is 5.10. The van der Waals surface area contributed by atoms with E-state index in [1.165, 1.54) is 14.0 Å². The zero-order chi connectivity index (χ0) is 16.0. The maximum absolute atomic E-state index is 11.7. The van der Waals surface area contributed by atoms with Crippen molar-refractivity contribution in [2.45, 2.75) is 26.4 Å². The largest absolute Gasteiger partial charge is 0.483 e. The Balaban J connectivity index is 2.48. The van der Waals surface area contributed by atoms with Crippen LogP contribution in [0, 0.1) is 13.8 Å². The van der Waals surface area contributed by atoms with Crippen molar-refractivity contribution in [3.8, 4) is 5.75 Å². The number of ether oxygens (including phenoxy) is 2. The first-order valence-corrected chi connectivity index (χ1v) is 6.54. The van der Waals surface area contributed by atoms with E-state index < -0.39 is 17.5 Å². The third-order valence-electron chi connectivity index (χ3n) is 2.96. The molecule has 1 unspecified atom stereocenters. The lowest BCUT2D eigenvalue weighted by molar-refractivity contribution is -0.160. The molecule has 1 rings (SSSR count). The van der Waals surface area contributed by atoms with Crippen molar-refractivity contribution in [3.63, 3.8) is 0 Å². The van der Waals surface area contributed by atoms with Gasteiger partial charge in [0.25, 0.3) is 5.91 Å². The van der Waals surface area contributed by atoms with E-state index in [1.807, 2.05) is 32.0 Å². The molecule has 0 aliphatic carbocycles. The molecule has 0 aromatic heterocycles. The van der Waals surface area contributed by atoms with Crippen LogP contribution in [0.2, 0.25) is 0 Å². The zero-order valence-corrected chi connectivity index (χ0v) is 12.7. The van der Waals surface area contributed by atoms with Crippen LogP contribution in [0.1, 0.15) is 18.1 Å². The number of methoxy groups -OCH3 is 1. The fourth-order valence-electron chi connectivity index (χ4n) is 1.62. The lowest BCUT2D eigenvalue weighted by Crippen LogP contribution is -2.48. The second-order valence-corrected chi connectivity index (χ2v) is 5.10. The molecule has 0 heterocycles. The molecule has 0 radical (unpaired) electrons. The summed E-state index contributed by atoms with van der Waals surface area (Å²) in [5, 5.41) is 12.2. The average Bonchev–Trinajstić information content (AvgIpc) is 2.45. The monoisotopic (exact) mass is 295 g/mol. The van der Waals surface area contributed by atoms with Gasteiger partial charge in [-0.05, 0) is 38.0 Å². The van der Waals surface area contributed by atoms with Gasteiger partial charge >= 0.3 is 5.97 Å². The third kappa shape index (κ3) is 5.07. The molecule has 0 aliphatic heterocycles. The first-order chi connectivity index (χ1) is 9.76. The molecule has 0 fully saturated rings. The Morgan fingerprint density at radius 1 is 1.33 bits per heavy atom. The van der Waals surface area contributed by atoms with Crippen molar-refractivity contribution in [2.75, 3.05) is 20.3 Å². The van der Waals surface area contributed by atoms with Crippen LogP contribution in [-0.4, -0.2) is 42.8 Å². The predicted molar refractivity (Wildman–Crippen MR) is 77.1 cm³/mol. The summed E-state index contributed by atoms with van der Waals surface area (Å²) in [6.45, 7) is 4.65. The Bertz CT molecular complexity index is 525. The van der Waals surface area contributed by atoms with Crippen molar-refractivity contribution in [1.82, 2.24) is 5.32 Å². The molecule has 1 amide bonds. The minimum atomic E-state index is -1.76. The molecule has 116 valence electrons. The molecule has 6 nitrogen and oxygen atoms in total. The van der Waals surface area contributed by atoms with E-state index in [1.54, 1.807) is 0 Å². The molecular formula is C15H21NO5. The summed E-state index contributed by atoms with van der Waals surface area (Å²) in [5.74, 6) is -0.608. The van der Waals surface area contributed by atoms with Crippen LogP contribution >= 0.6 is 0 Å². The molecule has 0 aliphatic rings. The minimum absolute atomic E-state index is 0.193. The Hall–Kier alpha value is -2.08. The van der Waals surface area contributed by atoms with Crippen molar-refractivity contribution >= 4 is 11.9 Å². The lowest BCUT2D eigenvalue weighted by Gasteiger charge is -2.20. The first-order valence-electron chi connectivity index (χ1n) is 6.54. The highest BCUT2D eigenvalue weighted by Gasteiger charge is 2.31. The van der Waals surface area contributed by atoms with Crippen molar-refractivity contribution < 1.29 is 24.2 Å². The fourth-order valence-corrected chi connectivity index (χ4v) is 1.62. The molecule has 1 atom stereocenters. The van der Waals surface area contributed by atoms with E-state index in [-0.39, 0.29) is 13.2 Å². The topological polar surface area (TPSA) is 84.9 Å². The summed E-state index contributed by atoms with van der Waals surface area (Å²) in [5.41, 5.74) is 0.198. The van der Waals surface area contributed by atoms with Crippen molar-refractivity contribution in [3.05, 3.63) is 29.3 Å². The van der Waals surface area contributed by atoms with E-state index in [2.05, 4.69) is 10.1 Å². The Morgan fingerprint density at radius 3 is 2.62 bits per heavy atom. The number of esters is 1. The maximum atomic E-state index is 11.7. The summed E-state index contributed by atoms with van der Waals surface area (Å²) in [4.78, 5) is 22.9. The van der Waals surface area contributed by atoms with Crippen LogP contribution < -0.4 is 10.1 Å². The van der Waals surface area contributed by atoms with Crippen LogP contribution in [0.4, 0.5) is 0 Å². The number of hydrogen-bond acceptors (Lipinski definition) is 5. The van der Waals surface area contributed by atoms with Crippen LogP contribution in [0.3, 0.4) is 0 Å². The van der Waals surface area contributed by atoms with Gasteiger partial charge in [-0.2, -0.15) is 0 Å². The molecule has 2 N–H and O–H groups in total. The highest BCUT2D eigenvalue weighted by atomic mass is 16.5. The number of carbonyl (C=O) groups excluding carboxylic acids is 2. The Kier molecular flexibility index (Phi) is 5.72. The number of amides is 1. The number of benzene rings is 1. The second kappa shape index (κ2) is 7.08. The molecule has 0 saturated carbocycles. The van der Waals surface area contributed by atoms with E-state index in [0.29, 0.717) is 5.75 Å². The van der Waals surface area contributed by atoms with Gasteiger partial charge in [0.15, 0.2) is 12.2 Å². The molecule has 1 aromatic carbocycles. The van der Waals surface area contributed by atoms with Gasteiger partial charge in [0.1, 0.15) is 5.75 Å². The van der Waals surface area contributed by atoms with E-state index >= 15 is 0 Å². The molecule has 0 spiro atoms. The zero-order valence-electron chi connectivity index (χ0n) is 12.7. The molecule has 21 heavy (non-hydrogen) atoms. The van der Waals surface area contributed by atoms with Gasteiger partial charge in [-0.25, -0.2) is 4.79 Å². The number of nitrogens with one attached hydrogen (secondary N) is 1. The number of aliphatic hydroxyl groups is 1. The van der Waals surface area contributed by atoms with Crippen LogP contribution in [-0.2, 0) is 14.3 Å². The van der Waals surface area contributed by atoms with Crippen molar-refractivity contribution in [1.29, 1.82) is 0 Å². The predicted octanol–water partition coefficient (Wildman–Crippen LogP) is 0.722. The summed E-state index contributed by atoms with van der Waals surface area (Å²) in [7, 11) is 1.17. The summed E-state index contributed by atoms with van der Waals surface area (Å²) < 4.78 is 9.86. The van der Waals surface area contributed by atoms with Gasteiger partial charge in [0.05, 0.1) is 13.7 Å². The Morgan fingerprint density at radius 2 is 2.00 bits per heavy atom. The highest BCUT2D eigenvalue weighted by Crippen LogP contribution is 2.18. The molecule has 0 bridgehead atoms. The number of aryl methyl sites for hydroxylation is 2. The molecular weight excluding hydrogens is 274 g/mol. The number of hydrogen-bond donors (Lipinski definition) is 2. The van der Waals surface area contributed by atoms with Gasteiger partial charge < -0.3 is 19.9 Å². The Labute approximate surface area is 124 Å². The SMILES string of the molecule is COC(=O)C(C)(O)CNC(=O)COc1cc(C)ccc1C. The third-order valence-corrected chi connectivity index (χ3v) is 2.96. The van der Waals surface area contributed by atoms with E-state index in [4.69, 9.17) is 4.74 Å². The van der Waals surface area contributed by atoms with Gasteiger partial charge in [-0.1, -0.05) is 12.1 Å².